The Morgan fingerprint density at radius 2 is 1.93 bits per heavy atom. The summed E-state index contributed by atoms with van der Waals surface area (Å²) >= 11 is 0. The van der Waals surface area contributed by atoms with Crippen molar-refractivity contribution in [3.8, 4) is 11.3 Å². The van der Waals surface area contributed by atoms with E-state index in [2.05, 4.69) is 5.16 Å². The Kier molecular flexibility index (Phi) is 2.19. The standard InChI is InChI=1S/C11H11FN2O/c1-6-4-9(12)7(2)3-8(6)10-5-11(13)14-15-10/h3-5H,1-2H3,(H2,13,14). The molecule has 3 nitrogen and oxygen atoms in total. The van der Waals surface area contributed by atoms with E-state index in [9.17, 15) is 4.39 Å². The third-order valence-electron chi connectivity index (χ3n) is 2.30. The minimum atomic E-state index is -0.219. The molecule has 0 aliphatic carbocycles. The number of anilines is 1. The molecule has 0 aliphatic rings. The molecule has 15 heavy (non-hydrogen) atoms. The second kappa shape index (κ2) is 3.38. The second-order valence-corrected chi connectivity index (χ2v) is 3.53. The lowest BCUT2D eigenvalue weighted by molar-refractivity contribution is 0.435. The molecular formula is C11H11FN2O. The smallest absolute Gasteiger partial charge is 0.169 e. The van der Waals surface area contributed by atoms with Gasteiger partial charge in [0.05, 0.1) is 0 Å². The largest absolute Gasteiger partial charge is 0.381 e. The highest BCUT2D eigenvalue weighted by molar-refractivity contribution is 5.64. The van der Waals surface area contributed by atoms with Crippen LogP contribution in [0.4, 0.5) is 10.2 Å². The summed E-state index contributed by atoms with van der Waals surface area (Å²) in [7, 11) is 0. The van der Waals surface area contributed by atoms with E-state index in [1.165, 1.54) is 6.07 Å². The van der Waals surface area contributed by atoms with Gasteiger partial charge >= 0.3 is 0 Å². The summed E-state index contributed by atoms with van der Waals surface area (Å²) in [6, 6.07) is 4.83. The fourth-order valence-corrected chi connectivity index (χ4v) is 1.46. The van der Waals surface area contributed by atoms with Crippen LogP contribution in [0.25, 0.3) is 11.3 Å². The molecule has 0 radical (unpaired) electrons. The van der Waals surface area contributed by atoms with E-state index in [1.807, 2.05) is 6.92 Å². The van der Waals surface area contributed by atoms with Crippen molar-refractivity contribution >= 4 is 5.82 Å². The predicted octanol–water partition coefficient (Wildman–Crippen LogP) is 2.68. The van der Waals surface area contributed by atoms with Crippen molar-refractivity contribution in [1.82, 2.24) is 5.16 Å². The maximum atomic E-state index is 13.2. The first-order valence-corrected chi connectivity index (χ1v) is 4.57. The lowest BCUT2D eigenvalue weighted by Gasteiger charge is -2.04. The van der Waals surface area contributed by atoms with Crippen LogP contribution < -0.4 is 5.73 Å². The highest BCUT2D eigenvalue weighted by atomic mass is 19.1. The van der Waals surface area contributed by atoms with Crippen LogP contribution in [0.15, 0.2) is 22.7 Å². The number of hydrogen-bond donors (Lipinski definition) is 1. The van der Waals surface area contributed by atoms with E-state index < -0.39 is 0 Å². The first-order valence-electron chi connectivity index (χ1n) is 4.57. The number of aryl methyl sites for hydroxylation is 2. The molecule has 0 bridgehead atoms. The Morgan fingerprint density at radius 3 is 2.53 bits per heavy atom. The number of halogens is 1. The van der Waals surface area contributed by atoms with Crippen molar-refractivity contribution < 1.29 is 8.91 Å². The zero-order chi connectivity index (χ0) is 11.0. The van der Waals surface area contributed by atoms with Crippen LogP contribution in [0, 0.1) is 19.7 Å². The zero-order valence-electron chi connectivity index (χ0n) is 8.54. The molecule has 0 aliphatic heterocycles. The van der Waals surface area contributed by atoms with Crippen LogP contribution in [-0.4, -0.2) is 5.16 Å². The summed E-state index contributed by atoms with van der Waals surface area (Å²) in [4.78, 5) is 0. The van der Waals surface area contributed by atoms with Crippen LogP contribution in [0.3, 0.4) is 0 Å². The van der Waals surface area contributed by atoms with Gasteiger partial charge in [-0.3, -0.25) is 0 Å². The van der Waals surface area contributed by atoms with E-state index in [0.29, 0.717) is 17.1 Å². The number of rotatable bonds is 1. The molecule has 0 spiro atoms. The van der Waals surface area contributed by atoms with Gasteiger partial charge < -0.3 is 10.3 Å². The SMILES string of the molecule is Cc1cc(-c2cc(N)no2)c(C)cc1F. The average molecular weight is 206 g/mol. The molecule has 2 N–H and O–H groups in total. The van der Waals surface area contributed by atoms with Crippen molar-refractivity contribution in [2.45, 2.75) is 13.8 Å². The number of nitrogens with zero attached hydrogens (tertiary/aromatic N) is 1. The minimum absolute atomic E-state index is 0.219. The first-order chi connectivity index (χ1) is 7.08. The zero-order valence-corrected chi connectivity index (χ0v) is 8.54. The predicted molar refractivity (Wildman–Crippen MR) is 55.8 cm³/mol. The van der Waals surface area contributed by atoms with E-state index in [4.69, 9.17) is 10.3 Å². The number of hydrogen-bond acceptors (Lipinski definition) is 3. The van der Waals surface area contributed by atoms with Gasteiger partial charge in [-0.25, -0.2) is 4.39 Å². The Bertz CT molecular complexity index is 505. The fourth-order valence-electron chi connectivity index (χ4n) is 1.46. The highest BCUT2D eigenvalue weighted by Gasteiger charge is 2.10. The van der Waals surface area contributed by atoms with Gasteiger partial charge in [0.2, 0.25) is 0 Å². The van der Waals surface area contributed by atoms with Crippen LogP contribution >= 0.6 is 0 Å². The van der Waals surface area contributed by atoms with Gasteiger partial charge in [0, 0.05) is 11.6 Å². The summed E-state index contributed by atoms with van der Waals surface area (Å²) in [6.45, 7) is 3.52. The van der Waals surface area contributed by atoms with E-state index >= 15 is 0 Å². The van der Waals surface area contributed by atoms with Crippen molar-refractivity contribution in [2.75, 3.05) is 5.73 Å². The monoisotopic (exact) mass is 206 g/mol. The summed E-state index contributed by atoms with van der Waals surface area (Å²) in [5.41, 5.74) is 7.65. The molecule has 0 unspecified atom stereocenters. The molecule has 0 fully saturated rings. The van der Waals surface area contributed by atoms with Crippen LogP contribution in [0.1, 0.15) is 11.1 Å². The molecule has 2 aromatic rings. The van der Waals surface area contributed by atoms with Gasteiger partial charge in [0.15, 0.2) is 11.6 Å². The van der Waals surface area contributed by atoms with Gasteiger partial charge in [0.1, 0.15) is 5.82 Å². The number of nitrogen functional groups attached to an aromatic ring is 1. The third-order valence-corrected chi connectivity index (χ3v) is 2.30. The third kappa shape index (κ3) is 1.70. The molecule has 78 valence electrons. The molecule has 2 rings (SSSR count). The average Bonchev–Trinajstić information content (AvgIpc) is 2.58. The maximum Gasteiger partial charge on any atom is 0.169 e. The Morgan fingerprint density at radius 1 is 1.20 bits per heavy atom. The molecule has 4 heteroatoms. The van der Waals surface area contributed by atoms with E-state index in [-0.39, 0.29) is 5.82 Å². The summed E-state index contributed by atoms with van der Waals surface area (Å²) < 4.78 is 18.2. The van der Waals surface area contributed by atoms with Crippen LogP contribution in [0.5, 0.6) is 0 Å². The highest BCUT2D eigenvalue weighted by Crippen LogP contribution is 2.27. The number of benzene rings is 1. The molecule has 0 saturated carbocycles. The number of aromatic nitrogens is 1. The second-order valence-electron chi connectivity index (χ2n) is 3.53. The number of nitrogens with two attached hydrogens (primary N) is 1. The summed E-state index contributed by atoms with van der Waals surface area (Å²) in [6.07, 6.45) is 0. The van der Waals surface area contributed by atoms with Crippen LogP contribution in [0.2, 0.25) is 0 Å². The van der Waals surface area contributed by atoms with E-state index in [0.717, 1.165) is 11.1 Å². The quantitative estimate of drug-likeness (QED) is 0.780. The molecule has 0 atom stereocenters. The molecule has 1 aromatic heterocycles. The van der Waals surface area contributed by atoms with Gasteiger partial charge in [0.25, 0.3) is 0 Å². The van der Waals surface area contributed by atoms with Gasteiger partial charge in [-0.05, 0) is 37.1 Å². The molecule has 1 aromatic carbocycles. The normalized spacial score (nSPS) is 10.6. The topological polar surface area (TPSA) is 52.0 Å². The Hall–Kier alpha value is -1.84. The van der Waals surface area contributed by atoms with Crippen molar-refractivity contribution in [2.24, 2.45) is 0 Å². The molecular weight excluding hydrogens is 195 g/mol. The summed E-state index contributed by atoms with van der Waals surface area (Å²) in [5.74, 6) is 0.670. The molecule has 1 heterocycles. The van der Waals surface area contributed by atoms with E-state index in [1.54, 1.807) is 19.1 Å². The Labute approximate surface area is 86.7 Å². The molecule has 0 saturated heterocycles. The van der Waals surface area contributed by atoms with Crippen molar-refractivity contribution in [3.63, 3.8) is 0 Å². The van der Waals surface area contributed by atoms with Gasteiger partial charge in [-0.1, -0.05) is 5.16 Å². The summed E-state index contributed by atoms with van der Waals surface area (Å²) in [5, 5.41) is 3.60. The lowest BCUT2D eigenvalue weighted by Crippen LogP contribution is -1.88. The maximum absolute atomic E-state index is 13.2. The van der Waals surface area contributed by atoms with Gasteiger partial charge in [-0.15, -0.1) is 0 Å². The van der Waals surface area contributed by atoms with Crippen LogP contribution in [-0.2, 0) is 0 Å². The first kappa shape index (κ1) is 9.71. The molecule has 0 amide bonds. The lowest BCUT2D eigenvalue weighted by atomic mass is 10.0. The fraction of sp³-hybridized carbons (Fsp3) is 0.182. The minimum Gasteiger partial charge on any atom is -0.381 e. The van der Waals surface area contributed by atoms with Gasteiger partial charge in [-0.2, -0.15) is 0 Å². The van der Waals surface area contributed by atoms with Crippen molar-refractivity contribution in [3.05, 3.63) is 35.1 Å². The Balaban J connectivity index is 2.58. The van der Waals surface area contributed by atoms with Crippen molar-refractivity contribution in [1.29, 1.82) is 0 Å².